The predicted octanol–water partition coefficient (Wildman–Crippen LogP) is 3.88. The number of benzene rings is 2. The number of nitrogens with one attached hydrogen (secondary N) is 2. The normalized spacial score (nSPS) is 10.2. The van der Waals surface area contributed by atoms with Crippen LogP contribution in [0.1, 0.15) is 32.0 Å². The Kier molecular flexibility index (Phi) is 5.64. The summed E-state index contributed by atoms with van der Waals surface area (Å²) in [5, 5.41) is 13.8. The van der Waals surface area contributed by atoms with Gasteiger partial charge in [0.25, 0.3) is 5.91 Å². The molecule has 7 heteroatoms. The van der Waals surface area contributed by atoms with Gasteiger partial charge in [0, 0.05) is 5.69 Å². The number of hydrogen-bond donors (Lipinski definition) is 2. The summed E-state index contributed by atoms with van der Waals surface area (Å²) in [6.07, 6.45) is 0. The first kappa shape index (κ1) is 19.0. The lowest BCUT2D eigenvalue weighted by atomic mass is 10.1. The van der Waals surface area contributed by atoms with E-state index in [-0.39, 0.29) is 11.6 Å². The second-order valence-corrected chi connectivity index (χ2v) is 6.22. The van der Waals surface area contributed by atoms with Crippen LogP contribution in [0.15, 0.2) is 54.6 Å². The Hall–Kier alpha value is -3.74. The van der Waals surface area contributed by atoms with Crippen LogP contribution >= 0.6 is 0 Å². The molecule has 2 aromatic carbocycles. The van der Waals surface area contributed by atoms with E-state index in [2.05, 4.69) is 20.8 Å². The molecule has 0 spiro atoms. The number of anilines is 3. The lowest BCUT2D eigenvalue weighted by Gasteiger charge is -2.10. The van der Waals surface area contributed by atoms with Gasteiger partial charge in [-0.15, -0.1) is 10.2 Å². The Morgan fingerprint density at radius 1 is 0.929 bits per heavy atom. The van der Waals surface area contributed by atoms with E-state index < -0.39 is 5.97 Å². The lowest BCUT2D eigenvalue weighted by Crippen LogP contribution is -2.15. The van der Waals surface area contributed by atoms with E-state index in [1.165, 1.54) is 7.11 Å². The number of esters is 1. The lowest BCUT2D eigenvalue weighted by molar-refractivity contribution is 0.0601. The molecule has 0 saturated carbocycles. The summed E-state index contributed by atoms with van der Waals surface area (Å²) in [6, 6.07) is 15.8. The van der Waals surface area contributed by atoms with Crippen LogP contribution in [0.5, 0.6) is 0 Å². The number of methoxy groups -OCH3 is 1. The number of ether oxygens (including phenoxy) is 1. The van der Waals surface area contributed by atoms with Crippen molar-refractivity contribution in [1.29, 1.82) is 0 Å². The minimum absolute atomic E-state index is 0.185. The molecule has 0 aliphatic heterocycles. The van der Waals surface area contributed by atoms with Crippen molar-refractivity contribution in [3.8, 4) is 0 Å². The monoisotopic (exact) mass is 376 g/mol. The average molecular weight is 376 g/mol. The number of nitrogens with zero attached hydrogens (tertiary/aromatic N) is 2. The largest absolute Gasteiger partial charge is 0.465 e. The Bertz CT molecular complexity index is 1020. The van der Waals surface area contributed by atoms with Crippen molar-refractivity contribution in [2.75, 3.05) is 17.7 Å². The minimum Gasteiger partial charge on any atom is -0.465 e. The number of amides is 1. The van der Waals surface area contributed by atoms with Gasteiger partial charge in [-0.3, -0.25) is 4.79 Å². The number of hydrogen-bond acceptors (Lipinski definition) is 6. The molecule has 0 aliphatic carbocycles. The van der Waals surface area contributed by atoms with Gasteiger partial charge in [-0.25, -0.2) is 4.79 Å². The fourth-order valence-electron chi connectivity index (χ4n) is 2.55. The summed E-state index contributed by atoms with van der Waals surface area (Å²) in [5.74, 6) is -0.406. The van der Waals surface area contributed by atoms with Crippen LogP contribution in [0.3, 0.4) is 0 Å². The van der Waals surface area contributed by atoms with E-state index in [1.54, 1.807) is 36.4 Å². The van der Waals surface area contributed by atoms with E-state index >= 15 is 0 Å². The molecule has 0 radical (unpaired) electrons. The summed E-state index contributed by atoms with van der Waals surface area (Å²) in [6.45, 7) is 3.99. The van der Waals surface area contributed by atoms with Gasteiger partial charge in [-0.05, 0) is 61.4 Å². The summed E-state index contributed by atoms with van der Waals surface area (Å²) < 4.78 is 4.77. The maximum atomic E-state index is 12.4. The van der Waals surface area contributed by atoms with Crippen LogP contribution in [-0.4, -0.2) is 29.2 Å². The van der Waals surface area contributed by atoms with E-state index in [9.17, 15) is 9.59 Å². The molecular weight excluding hydrogens is 356 g/mol. The van der Waals surface area contributed by atoms with Crippen LogP contribution in [0.2, 0.25) is 0 Å². The first-order chi connectivity index (χ1) is 13.5. The second kappa shape index (κ2) is 8.30. The zero-order chi connectivity index (χ0) is 20.1. The molecule has 1 heterocycles. The molecule has 1 amide bonds. The highest BCUT2D eigenvalue weighted by molar-refractivity contribution is 6.03. The number of para-hydroxylation sites is 1. The molecule has 0 atom stereocenters. The van der Waals surface area contributed by atoms with Crippen molar-refractivity contribution in [3.63, 3.8) is 0 Å². The molecule has 142 valence electrons. The van der Waals surface area contributed by atoms with Crippen LogP contribution in [0.25, 0.3) is 0 Å². The summed E-state index contributed by atoms with van der Waals surface area (Å²) in [7, 11) is 1.32. The first-order valence-electron chi connectivity index (χ1n) is 8.64. The SMILES string of the molecule is COC(=O)c1ccccc1Nc1ccc(C(=O)Nc2ccc(C)c(C)c2)nn1. The molecule has 3 rings (SSSR count). The highest BCUT2D eigenvalue weighted by Gasteiger charge is 2.13. The van der Waals surface area contributed by atoms with Crippen molar-refractivity contribution in [3.05, 3.63) is 77.0 Å². The topological polar surface area (TPSA) is 93.2 Å². The number of carbonyl (C=O) groups excluding carboxylic acids is 2. The Morgan fingerprint density at radius 2 is 1.71 bits per heavy atom. The number of carbonyl (C=O) groups is 2. The van der Waals surface area contributed by atoms with Gasteiger partial charge in [0.05, 0.1) is 18.4 Å². The zero-order valence-corrected chi connectivity index (χ0v) is 15.8. The molecule has 3 aromatic rings. The smallest absolute Gasteiger partial charge is 0.339 e. The van der Waals surface area contributed by atoms with Crippen molar-refractivity contribution in [1.82, 2.24) is 10.2 Å². The third kappa shape index (κ3) is 4.32. The van der Waals surface area contributed by atoms with E-state index in [4.69, 9.17) is 4.74 Å². The van der Waals surface area contributed by atoms with E-state index in [0.717, 1.165) is 11.1 Å². The molecule has 0 saturated heterocycles. The first-order valence-corrected chi connectivity index (χ1v) is 8.64. The number of aromatic nitrogens is 2. The minimum atomic E-state index is -0.458. The molecule has 0 aliphatic rings. The van der Waals surface area contributed by atoms with Gasteiger partial charge in [-0.2, -0.15) is 0 Å². The highest BCUT2D eigenvalue weighted by atomic mass is 16.5. The van der Waals surface area contributed by atoms with E-state index in [1.807, 2.05) is 32.0 Å². The average Bonchev–Trinajstić information content (AvgIpc) is 2.71. The third-order valence-electron chi connectivity index (χ3n) is 4.26. The van der Waals surface area contributed by atoms with E-state index in [0.29, 0.717) is 22.8 Å². The summed E-state index contributed by atoms with van der Waals surface area (Å²) >= 11 is 0. The van der Waals surface area contributed by atoms with Crippen molar-refractivity contribution in [2.24, 2.45) is 0 Å². The third-order valence-corrected chi connectivity index (χ3v) is 4.26. The van der Waals surface area contributed by atoms with Crippen molar-refractivity contribution < 1.29 is 14.3 Å². The zero-order valence-electron chi connectivity index (χ0n) is 15.8. The molecule has 1 aromatic heterocycles. The molecule has 0 fully saturated rings. The van der Waals surface area contributed by atoms with Crippen LogP contribution in [0.4, 0.5) is 17.2 Å². The molecule has 0 unspecified atom stereocenters. The van der Waals surface area contributed by atoms with Crippen molar-refractivity contribution >= 4 is 29.1 Å². The molecule has 0 bridgehead atoms. The number of rotatable bonds is 5. The Balaban J connectivity index is 1.72. The molecule has 2 N–H and O–H groups in total. The Morgan fingerprint density at radius 3 is 2.39 bits per heavy atom. The molecular formula is C21H20N4O3. The number of aryl methyl sites for hydroxylation is 2. The van der Waals surface area contributed by atoms with Gasteiger partial charge in [0.2, 0.25) is 0 Å². The summed E-state index contributed by atoms with van der Waals surface area (Å²) in [5.41, 5.74) is 4.04. The van der Waals surface area contributed by atoms with Crippen LogP contribution in [-0.2, 0) is 4.74 Å². The fraction of sp³-hybridized carbons (Fsp3) is 0.143. The second-order valence-electron chi connectivity index (χ2n) is 6.22. The van der Waals surface area contributed by atoms with Crippen molar-refractivity contribution in [2.45, 2.75) is 13.8 Å². The standard InChI is InChI=1S/C21H20N4O3/c1-13-8-9-15(12-14(13)2)22-20(26)18-10-11-19(25-24-18)23-17-7-5-4-6-16(17)21(27)28-3/h4-12H,1-3H3,(H,22,26)(H,23,25). The van der Waals surface area contributed by atoms with Gasteiger partial charge >= 0.3 is 5.97 Å². The predicted molar refractivity (Wildman–Crippen MR) is 107 cm³/mol. The van der Waals surface area contributed by atoms with Crippen LogP contribution in [0, 0.1) is 13.8 Å². The fourth-order valence-corrected chi connectivity index (χ4v) is 2.55. The highest BCUT2D eigenvalue weighted by Crippen LogP contribution is 2.20. The molecule has 7 nitrogen and oxygen atoms in total. The van der Waals surface area contributed by atoms with Gasteiger partial charge < -0.3 is 15.4 Å². The maximum Gasteiger partial charge on any atom is 0.339 e. The Labute approximate surface area is 162 Å². The van der Waals surface area contributed by atoms with Gasteiger partial charge in [0.15, 0.2) is 11.5 Å². The van der Waals surface area contributed by atoms with Gasteiger partial charge in [0.1, 0.15) is 0 Å². The maximum absolute atomic E-state index is 12.4. The molecule has 28 heavy (non-hydrogen) atoms. The van der Waals surface area contributed by atoms with Crippen LogP contribution < -0.4 is 10.6 Å². The van der Waals surface area contributed by atoms with Gasteiger partial charge in [-0.1, -0.05) is 18.2 Å². The summed E-state index contributed by atoms with van der Waals surface area (Å²) in [4.78, 5) is 24.2. The quantitative estimate of drug-likeness (QED) is 0.657.